The van der Waals surface area contributed by atoms with Crippen LogP contribution in [0.2, 0.25) is 5.02 Å². The van der Waals surface area contributed by atoms with E-state index in [0.717, 1.165) is 25.1 Å². The molecule has 17 heavy (non-hydrogen) atoms. The number of hydrogen-bond donors (Lipinski definition) is 0. The second-order valence-electron chi connectivity index (χ2n) is 5.14. The van der Waals surface area contributed by atoms with Crippen LogP contribution in [0.3, 0.4) is 0 Å². The SMILES string of the molecule is CC1CC(C)CN(c2cccc(Cl)c2C=O)C1. The number of hydrogen-bond acceptors (Lipinski definition) is 2. The second kappa shape index (κ2) is 5.09. The minimum atomic E-state index is 0.545. The van der Waals surface area contributed by atoms with Crippen LogP contribution in [-0.2, 0) is 0 Å². The van der Waals surface area contributed by atoms with E-state index >= 15 is 0 Å². The normalized spacial score (nSPS) is 24.8. The first-order chi connectivity index (χ1) is 8.11. The van der Waals surface area contributed by atoms with Crippen molar-refractivity contribution in [1.29, 1.82) is 0 Å². The van der Waals surface area contributed by atoms with Gasteiger partial charge in [-0.05, 0) is 30.4 Å². The first kappa shape index (κ1) is 12.4. The quantitative estimate of drug-likeness (QED) is 0.748. The minimum Gasteiger partial charge on any atom is -0.370 e. The van der Waals surface area contributed by atoms with Gasteiger partial charge in [-0.25, -0.2) is 0 Å². The molecule has 0 radical (unpaired) electrons. The van der Waals surface area contributed by atoms with E-state index in [9.17, 15) is 4.79 Å². The summed E-state index contributed by atoms with van der Waals surface area (Å²) >= 11 is 6.06. The van der Waals surface area contributed by atoms with Crippen molar-refractivity contribution in [2.45, 2.75) is 20.3 Å². The van der Waals surface area contributed by atoms with Crippen molar-refractivity contribution in [3.63, 3.8) is 0 Å². The highest BCUT2D eigenvalue weighted by atomic mass is 35.5. The molecule has 0 spiro atoms. The number of carbonyl (C=O) groups excluding carboxylic acids is 1. The number of anilines is 1. The summed E-state index contributed by atoms with van der Waals surface area (Å²) in [5.41, 5.74) is 1.60. The standard InChI is InChI=1S/C14H18ClNO/c1-10-6-11(2)8-16(7-10)14-5-3-4-13(15)12(14)9-17/h3-5,9-11H,6-8H2,1-2H3. The van der Waals surface area contributed by atoms with Gasteiger partial charge >= 0.3 is 0 Å². The Morgan fingerprint density at radius 2 is 1.94 bits per heavy atom. The molecule has 2 unspecified atom stereocenters. The predicted octanol–water partition coefficient (Wildman–Crippen LogP) is 3.63. The van der Waals surface area contributed by atoms with E-state index in [-0.39, 0.29) is 0 Å². The van der Waals surface area contributed by atoms with Crippen molar-refractivity contribution in [2.24, 2.45) is 11.8 Å². The van der Waals surface area contributed by atoms with Crippen molar-refractivity contribution < 1.29 is 4.79 Å². The molecule has 2 rings (SSSR count). The molecule has 0 saturated carbocycles. The third kappa shape index (κ3) is 2.63. The monoisotopic (exact) mass is 251 g/mol. The number of rotatable bonds is 2. The number of halogens is 1. The van der Waals surface area contributed by atoms with Gasteiger partial charge in [-0.2, -0.15) is 0 Å². The Kier molecular flexibility index (Phi) is 3.72. The largest absolute Gasteiger partial charge is 0.370 e. The van der Waals surface area contributed by atoms with E-state index in [2.05, 4.69) is 18.7 Å². The number of carbonyl (C=O) groups is 1. The zero-order valence-electron chi connectivity index (χ0n) is 10.3. The highest BCUT2D eigenvalue weighted by Crippen LogP contribution is 2.31. The molecule has 2 nitrogen and oxygen atoms in total. The van der Waals surface area contributed by atoms with E-state index in [0.29, 0.717) is 22.4 Å². The Morgan fingerprint density at radius 3 is 2.53 bits per heavy atom. The summed E-state index contributed by atoms with van der Waals surface area (Å²) in [5.74, 6) is 1.33. The van der Waals surface area contributed by atoms with Crippen LogP contribution in [-0.4, -0.2) is 19.4 Å². The first-order valence-electron chi connectivity index (χ1n) is 6.10. The van der Waals surface area contributed by atoms with Crippen LogP contribution >= 0.6 is 11.6 Å². The Balaban J connectivity index is 2.33. The zero-order valence-corrected chi connectivity index (χ0v) is 11.1. The number of piperidine rings is 1. The summed E-state index contributed by atoms with van der Waals surface area (Å²) in [5, 5.41) is 0.545. The Morgan fingerprint density at radius 1 is 1.29 bits per heavy atom. The average Bonchev–Trinajstić information content (AvgIpc) is 2.27. The lowest BCUT2D eigenvalue weighted by atomic mass is 9.91. The van der Waals surface area contributed by atoms with Crippen molar-refractivity contribution >= 4 is 23.6 Å². The van der Waals surface area contributed by atoms with E-state index in [1.54, 1.807) is 6.07 Å². The van der Waals surface area contributed by atoms with Gasteiger partial charge in [-0.15, -0.1) is 0 Å². The maximum absolute atomic E-state index is 11.1. The average molecular weight is 252 g/mol. The lowest BCUT2D eigenvalue weighted by molar-refractivity contribution is 0.112. The van der Waals surface area contributed by atoms with Gasteiger partial charge in [0.15, 0.2) is 6.29 Å². The molecule has 1 aromatic carbocycles. The van der Waals surface area contributed by atoms with Gasteiger partial charge in [-0.1, -0.05) is 31.5 Å². The van der Waals surface area contributed by atoms with Crippen LogP contribution in [0.15, 0.2) is 18.2 Å². The van der Waals surface area contributed by atoms with Crippen LogP contribution in [0, 0.1) is 11.8 Å². The fourth-order valence-corrected chi connectivity index (χ4v) is 2.99. The molecule has 0 aliphatic carbocycles. The van der Waals surface area contributed by atoms with Crippen molar-refractivity contribution in [1.82, 2.24) is 0 Å². The van der Waals surface area contributed by atoms with Gasteiger partial charge in [0.25, 0.3) is 0 Å². The molecule has 1 aromatic rings. The predicted molar refractivity (Wildman–Crippen MR) is 72.0 cm³/mol. The highest BCUT2D eigenvalue weighted by Gasteiger charge is 2.23. The van der Waals surface area contributed by atoms with Crippen LogP contribution < -0.4 is 4.90 Å². The molecule has 1 aliphatic heterocycles. The van der Waals surface area contributed by atoms with Gasteiger partial charge < -0.3 is 4.90 Å². The van der Waals surface area contributed by atoms with Gasteiger partial charge in [0, 0.05) is 18.8 Å². The van der Waals surface area contributed by atoms with Gasteiger partial charge in [0.1, 0.15) is 0 Å². The molecule has 1 saturated heterocycles. The summed E-state index contributed by atoms with van der Waals surface area (Å²) in [4.78, 5) is 13.4. The van der Waals surface area contributed by atoms with E-state index in [4.69, 9.17) is 11.6 Å². The summed E-state index contributed by atoms with van der Waals surface area (Å²) in [7, 11) is 0. The summed E-state index contributed by atoms with van der Waals surface area (Å²) in [6.45, 7) is 6.53. The smallest absolute Gasteiger partial charge is 0.153 e. The molecular weight excluding hydrogens is 234 g/mol. The molecule has 3 heteroatoms. The number of benzene rings is 1. The molecule has 92 valence electrons. The third-order valence-electron chi connectivity index (χ3n) is 3.36. The number of nitrogens with zero attached hydrogens (tertiary/aromatic N) is 1. The lowest BCUT2D eigenvalue weighted by Gasteiger charge is -2.37. The van der Waals surface area contributed by atoms with Gasteiger partial charge in [0.2, 0.25) is 0 Å². The van der Waals surface area contributed by atoms with E-state index in [1.165, 1.54) is 6.42 Å². The molecule has 1 heterocycles. The summed E-state index contributed by atoms with van der Waals surface area (Å²) < 4.78 is 0. The Labute approximate surface area is 108 Å². The molecule has 1 fully saturated rings. The summed E-state index contributed by atoms with van der Waals surface area (Å²) in [6, 6.07) is 5.67. The van der Waals surface area contributed by atoms with Gasteiger partial charge in [0.05, 0.1) is 10.6 Å². The molecule has 1 aliphatic rings. The lowest BCUT2D eigenvalue weighted by Crippen LogP contribution is -2.39. The van der Waals surface area contributed by atoms with Crippen molar-refractivity contribution in [3.8, 4) is 0 Å². The fourth-order valence-electron chi connectivity index (χ4n) is 2.78. The third-order valence-corrected chi connectivity index (χ3v) is 3.69. The minimum absolute atomic E-state index is 0.545. The van der Waals surface area contributed by atoms with Crippen molar-refractivity contribution in [3.05, 3.63) is 28.8 Å². The zero-order chi connectivity index (χ0) is 12.4. The first-order valence-corrected chi connectivity index (χ1v) is 6.48. The molecule has 0 amide bonds. The van der Waals surface area contributed by atoms with Gasteiger partial charge in [-0.3, -0.25) is 4.79 Å². The molecular formula is C14H18ClNO. The number of aldehydes is 1. The van der Waals surface area contributed by atoms with Crippen molar-refractivity contribution in [2.75, 3.05) is 18.0 Å². The van der Waals surface area contributed by atoms with Crippen LogP contribution in [0.5, 0.6) is 0 Å². The van der Waals surface area contributed by atoms with Crippen LogP contribution in [0.4, 0.5) is 5.69 Å². The molecule has 2 atom stereocenters. The van der Waals surface area contributed by atoms with Crippen LogP contribution in [0.25, 0.3) is 0 Å². The highest BCUT2D eigenvalue weighted by molar-refractivity contribution is 6.33. The van der Waals surface area contributed by atoms with E-state index in [1.807, 2.05) is 12.1 Å². The fraction of sp³-hybridized carbons (Fsp3) is 0.500. The maximum Gasteiger partial charge on any atom is 0.153 e. The van der Waals surface area contributed by atoms with E-state index < -0.39 is 0 Å². The Bertz CT molecular complexity index is 409. The molecule has 0 bridgehead atoms. The topological polar surface area (TPSA) is 20.3 Å². The molecule has 0 aromatic heterocycles. The van der Waals surface area contributed by atoms with Crippen LogP contribution in [0.1, 0.15) is 30.6 Å². The summed E-state index contributed by atoms with van der Waals surface area (Å²) in [6.07, 6.45) is 2.12. The Hall–Kier alpha value is -1.02. The molecule has 0 N–H and O–H groups in total. The maximum atomic E-state index is 11.1. The second-order valence-corrected chi connectivity index (χ2v) is 5.55.